The first-order valence-corrected chi connectivity index (χ1v) is 7.92. The Balaban J connectivity index is 2.37. The van der Waals surface area contributed by atoms with E-state index in [-0.39, 0.29) is 0 Å². The fourth-order valence-corrected chi connectivity index (χ4v) is 4.57. The average molecular weight is 280 g/mol. The molecule has 1 heterocycles. The standard InChI is InChI=1S/C19H20S/c1-11-6-13(3)17(14(4)7-11)19-18-15(5)8-12(2)9-16(18)10-20-19/h6-10H,1-5H3. The molecule has 0 saturated heterocycles. The molecule has 1 heteroatoms. The molecular formula is C19H20S. The number of hydrogen-bond donors (Lipinski definition) is 0. The summed E-state index contributed by atoms with van der Waals surface area (Å²) < 4.78 is 0. The molecule has 0 nitrogen and oxygen atoms in total. The van der Waals surface area contributed by atoms with E-state index in [4.69, 9.17) is 0 Å². The van der Waals surface area contributed by atoms with Crippen LogP contribution in [0.2, 0.25) is 0 Å². The highest BCUT2D eigenvalue weighted by molar-refractivity contribution is 7.15. The zero-order valence-corrected chi connectivity index (χ0v) is 13.6. The Bertz CT molecular complexity index is 783. The van der Waals surface area contributed by atoms with Crippen LogP contribution in [0.4, 0.5) is 0 Å². The monoisotopic (exact) mass is 280 g/mol. The number of hydrogen-bond acceptors (Lipinski definition) is 1. The van der Waals surface area contributed by atoms with Crippen LogP contribution in [0.1, 0.15) is 27.8 Å². The molecule has 20 heavy (non-hydrogen) atoms. The summed E-state index contributed by atoms with van der Waals surface area (Å²) in [5.41, 5.74) is 8.25. The summed E-state index contributed by atoms with van der Waals surface area (Å²) in [4.78, 5) is 1.42. The second-order valence-corrected chi connectivity index (χ2v) is 6.76. The van der Waals surface area contributed by atoms with Gasteiger partial charge in [0.15, 0.2) is 0 Å². The van der Waals surface area contributed by atoms with Crippen molar-refractivity contribution in [3.8, 4) is 10.4 Å². The van der Waals surface area contributed by atoms with Crippen molar-refractivity contribution in [3.05, 3.63) is 57.5 Å². The minimum atomic E-state index is 1.34. The largest absolute Gasteiger partial charge is 0.143 e. The van der Waals surface area contributed by atoms with Gasteiger partial charge in [0.2, 0.25) is 0 Å². The minimum absolute atomic E-state index is 1.34. The number of aryl methyl sites for hydroxylation is 5. The van der Waals surface area contributed by atoms with Gasteiger partial charge in [-0.15, -0.1) is 11.3 Å². The average Bonchev–Trinajstić information content (AvgIpc) is 2.71. The predicted octanol–water partition coefficient (Wildman–Crippen LogP) is 6.11. The summed E-state index contributed by atoms with van der Waals surface area (Å²) in [6, 6.07) is 9.16. The molecule has 2 aromatic carbocycles. The maximum absolute atomic E-state index is 2.30. The molecule has 0 N–H and O–H groups in total. The fourth-order valence-electron chi connectivity index (χ4n) is 3.31. The van der Waals surface area contributed by atoms with Crippen molar-refractivity contribution in [2.45, 2.75) is 34.6 Å². The van der Waals surface area contributed by atoms with Crippen molar-refractivity contribution in [1.82, 2.24) is 0 Å². The molecule has 1 aromatic heterocycles. The SMILES string of the molecule is Cc1cc(C)c(-c2scc3cc(C)cc(C)c23)c(C)c1. The lowest BCUT2D eigenvalue weighted by atomic mass is 9.95. The Morgan fingerprint density at radius 3 is 1.90 bits per heavy atom. The Kier molecular flexibility index (Phi) is 3.18. The quantitative estimate of drug-likeness (QED) is 0.504. The van der Waals surface area contributed by atoms with Gasteiger partial charge in [0, 0.05) is 10.3 Å². The number of fused-ring (bicyclic) bond motifs is 1. The van der Waals surface area contributed by atoms with Gasteiger partial charge < -0.3 is 0 Å². The Hall–Kier alpha value is -1.60. The molecule has 3 rings (SSSR count). The smallest absolute Gasteiger partial charge is 0.0429 e. The molecule has 102 valence electrons. The molecule has 0 aliphatic heterocycles. The minimum Gasteiger partial charge on any atom is -0.143 e. The molecule has 0 saturated carbocycles. The molecule has 0 aliphatic carbocycles. The molecule has 0 fully saturated rings. The van der Waals surface area contributed by atoms with Crippen molar-refractivity contribution in [2.24, 2.45) is 0 Å². The second-order valence-electron chi connectivity index (χ2n) is 5.88. The van der Waals surface area contributed by atoms with Gasteiger partial charge in [-0.25, -0.2) is 0 Å². The van der Waals surface area contributed by atoms with Crippen LogP contribution >= 0.6 is 11.3 Å². The van der Waals surface area contributed by atoms with Crippen molar-refractivity contribution >= 4 is 22.1 Å². The van der Waals surface area contributed by atoms with Crippen LogP contribution in [0.15, 0.2) is 29.6 Å². The number of thiophene rings is 1. The van der Waals surface area contributed by atoms with Crippen LogP contribution < -0.4 is 0 Å². The van der Waals surface area contributed by atoms with Gasteiger partial charge in [0.05, 0.1) is 0 Å². The van der Waals surface area contributed by atoms with E-state index in [0.29, 0.717) is 0 Å². The highest BCUT2D eigenvalue weighted by atomic mass is 32.1. The molecule has 0 aliphatic rings. The first-order chi connectivity index (χ1) is 9.47. The van der Waals surface area contributed by atoms with Crippen LogP contribution in [0.25, 0.3) is 21.2 Å². The first kappa shape index (κ1) is 13.4. The van der Waals surface area contributed by atoms with Crippen LogP contribution in [-0.4, -0.2) is 0 Å². The molecule has 0 unspecified atom stereocenters. The van der Waals surface area contributed by atoms with Crippen molar-refractivity contribution in [3.63, 3.8) is 0 Å². The third kappa shape index (κ3) is 2.06. The topological polar surface area (TPSA) is 0 Å². The van der Waals surface area contributed by atoms with Gasteiger partial charge in [-0.05, 0) is 67.6 Å². The lowest BCUT2D eigenvalue weighted by Crippen LogP contribution is -1.89. The molecular weight excluding hydrogens is 260 g/mol. The van der Waals surface area contributed by atoms with E-state index in [0.717, 1.165) is 0 Å². The van der Waals surface area contributed by atoms with Gasteiger partial charge in [-0.2, -0.15) is 0 Å². The van der Waals surface area contributed by atoms with Crippen molar-refractivity contribution < 1.29 is 0 Å². The zero-order chi connectivity index (χ0) is 14.4. The third-order valence-corrected chi connectivity index (χ3v) is 4.96. The maximum atomic E-state index is 2.30. The van der Waals surface area contributed by atoms with E-state index >= 15 is 0 Å². The lowest BCUT2D eigenvalue weighted by Gasteiger charge is -2.11. The Morgan fingerprint density at radius 1 is 0.700 bits per heavy atom. The van der Waals surface area contributed by atoms with Crippen LogP contribution in [-0.2, 0) is 0 Å². The summed E-state index contributed by atoms with van der Waals surface area (Å²) in [6.45, 7) is 11.0. The number of benzene rings is 2. The normalized spacial score (nSPS) is 11.2. The first-order valence-electron chi connectivity index (χ1n) is 7.04. The third-order valence-electron chi connectivity index (χ3n) is 3.95. The van der Waals surface area contributed by atoms with Gasteiger partial charge in [0.25, 0.3) is 0 Å². The molecule has 0 bridgehead atoms. The molecule has 0 atom stereocenters. The molecule has 0 spiro atoms. The summed E-state index contributed by atoms with van der Waals surface area (Å²) in [5, 5.41) is 5.10. The Morgan fingerprint density at radius 2 is 1.25 bits per heavy atom. The van der Waals surface area contributed by atoms with Crippen LogP contribution in [0.3, 0.4) is 0 Å². The van der Waals surface area contributed by atoms with E-state index in [1.54, 1.807) is 0 Å². The van der Waals surface area contributed by atoms with E-state index in [1.165, 1.54) is 49.0 Å². The fraction of sp³-hybridized carbons (Fsp3) is 0.263. The second kappa shape index (κ2) is 4.75. The molecule has 0 amide bonds. The van der Waals surface area contributed by atoms with E-state index in [9.17, 15) is 0 Å². The van der Waals surface area contributed by atoms with E-state index in [1.807, 2.05) is 11.3 Å². The van der Waals surface area contributed by atoms with E-state index < -0.39 is 0 Å². The van der Waals surface area contributed by atoms with Gasteiger partial charge >= 0.3 is 0 Å². The van der Waals surface area contributed by atoms with Crippen molar-refractivity contribution in [1.29, 1.82) is 0 Å². The lowest BCUT2D eigenvalue weighted by molar-refractivity contribution is 1.33. The van der Waals surface area contributed by atoms with Gasteiger partial charge in [-0.1, -0.05) is 35.4 Å². The number of rotatable bonds is 1. The van der Waals surface area contributed by atoms with Gasteiger partial charge in [-0.3, -0.25) is 0 Å². The summed E-state index contributed by atoms with van der Waals surface area (Å²) in [6.07, 6.45) is 0. The van der Waals surface area contributed by atoms with E-state index in [2.05, 4.69) is 64.3 Å². The van der Waals surface area contributed by atoms with Crippen LogP contribution in [0, 0.1) is 34.6 Å². The van der Waals surface area contributed by atoms with Crippen molar-refractivity contribution in [2.75, 3.05) is 0 Å². The van der Waals surface area contributed by atoms with Gasteiger partial charge in [0.1, 0.15) is 0 Å². The maximum Gasteiger partial charge on any atom is 0.0429 e. The summed E-state index contributed by atoms with van der Waals surface area (Å²) >= 11 is 1.87. The highest BCUT2D eigenvalue weighted by Crippen LogP contribution is 2.40. The molecule has 3 aromatic rings. The predicted molar refractivity (Wildman–Crippen MR) is 90.9 cm³/mol. The summed E-state index contributed by atoms with van der Waals surface area (Å²) in [5.74, 6) is 0. The Labute approximate surface area is 125 Å². The summed E-state index contributed by atoms with van der Waals surface area (Å²) in [7, 11) is 0. The molecule has 0 radical (unpaired) electrons. The zero-order valence-electron chi connectivity index (χ0n) is 12.8. The highest BCUT2D eigenvalue weighted by Gasteiger charge is 2.14. The van der Waals surface area contributed by atoms with Crippen LogP contribution in [0.5, 0.6) is 0 Å².